The first-order valence-electron chi connectivity index (χ1n) is 4.64. The number of nitrogens with zero attached hydrogens (tertiary/aromatic N) is 1. The summed E-state index contributed by atoms with van der Waals surface area (Å²) in [7, 11) is 1.51. The summed E-state index contributed by atoms with van der Waals surface area (Å²) in [6, 6.07) is 4.06. The fourth-order valence-corrected chi connectivity index (χ4v) is 2.24. The van der Waals surface area contributed by atoms with Crippen molar-refractivity contribution in [2.24, 2.45) is 7.05 Å². The van der Waals surface area contributed by atoms with Crippen LogP contribution in [0.2, 0.25) is 10.0 Å². The van der Waals surface area contributed by atoms with E-state index < -0.39 is 11.5 Å². The van der Waals surface area contributed by atoms with E-state index in [-0.39, 0.29) is 21.0 Å². The van der Waals surface area contributed by atoms with Crippen molar-refractivity contribution in [1.82, 2.24) is 4.57 Å². The molecular weight excluding hydrogens is 265 g/mol. The molecule has 1 aromatic heterocycles. The number of pyridine rings is 1. The smallest absolute Gasteiger partial charge is 0.336 e. The number of halogens is 2. The van der Waals surface area contributed by atoms with Crippen LogP contribution in [0.3, 0.4) is 0 Å². The third-order valence-electron chi connectivity index (χ3n) is 2.51. The molecule has 1 heterocycles. The molecule has 1 N–H and O–H groups in total. The summed E-state index contributed by atoms with van der Waals surface area (Å²) >= 11 is 11.9. The molecule has 6 heteroatoms. The van der Waals surface area contributed by atoms with Crippen LogP contribution in [0.15, 0.2) is 23.0 Å². The number of hydrogen-bond acceptors (Lipinski definition) is 2. The van der Waals surface area contributed by atoms with E-state index in [1.165, 1.54) is 23.7 Å². The van der Waals surface area contributed by atoms with Gasteiger partial charge in [0, 0.05) is 18.5 Å². The quantitative estimate of drug-likeness (QED) is 0.867. The van der Waals surface area contributed by atoms with Crippen molar-refractivity contribution in [3.63, 3.8) is 0 Å². The molecule has 4 nitrogen and oxygen atoms in total. The second-order valence-corrected chi connectivity index (χ2v) is 4.33. The molecule has 0 saturated carbocycles. The number of rotatable bonds is 1. The minimum atomic E-state index is -1.21. The van der Waals surface area contributed by atoms with Gasteiger partial charge in [0.05, 0.1) is 21.1 Å². The van der Waals surface area contributed by atoms with E-state index in [1.54, 1.807) is 0 Å². The molecular formula is C11H7Cl2NO3. The lowest BCUT2D eigenvalue weighted by atomic mass is 10.1. The molecule has 0 bridgehead atoms. The predicted molar refractivity (Wildman–Crippen MR) is 66.2 cm³/mol. The van der Waals surface area contributed by atoms with Gasteiger partial charge in [-0.3, -0.25) is 4.79 Å². The molecule has 0 unspecified atom stereocenters. The van der Waals surface area contributed by atoms with Gasteiger partial charge in [-0.2, -0.15) is 0 Å². The molecule has 1 aromatic carbocycles. The highest BCUT2D eigenvalue weighted by molar-refractivity contribution is 6.40. The van der Waals surface area contributed by atoms with E-state index in [2.05, 4.69) is 0 Å². The second kappa shape index (κ2) is 4.05. The lowest BCUT2D eigenvalue weighted by Crippen LogP contribution is -2.19. The van der Waals surface area contributed by atoms with Crippen LogP contribution in [0.5, 0.6) is 0 Å². The Kier molecular flexibility index (Phi) is 2.85. The topological polar surface area (TPSA) is 59.3 Å². The highest BCUT2D eigenvalue weighted by atomic mass is 35.5. The maximum atomic E-state index is 11.6. The summed E-state index contributed by atoms with van der Waals surface area (Å²) in [5, 5.41) is 9.87. The zero-order chi connectivity index (χ0) is 12.7. The number of benzene rings is 1. The first-order chi connectivity index (χ1) is 7.93. The van der Waals surface area contributed by atoms with Crippen LogP contribution in [0, 0.1) is 0 Å². The molecule has 0 spiro atoms. The molecule has 0 atom stereocenters. The summed E-state index contributed by atoms with van der Waals surface area (Å²) in [4.78, 5) is 22.7. The van der Waals surface area contributed by atoms with Crippen molar-refractivity contribution in [3.05, 3.63) is 44.2 Å². The molecule has 0 aliphatic carbocycles. The number of carbonyl (C=O) groups is 1. The first-order valence-corrected chi connectivity index (χ1v) is 5.40. The van der Waals surface area contributed by atoms with Crippen LogP contribution < -0.4 is 5.56 Å². The van der Waals surface area contributed by atoms with Gasteiger partial charge in [0.2, 0.25) is 0 Å². The molecule has 2 aromatic rings. The van der Waals surface area contributed by atoms with Gasteiger partial charge in [0.15, 0.2) is 0 Å². The third-order valence-corrected chi connectivity index (χ3v) is 3.13. The molecule has 0 fully saturated rings. The van der Waals surface area contributed by atoms with Crippen LogP contribution in [0.1, 0.15) is 10.4 Å². The molecule has 0 amide bonds. The van der Waals surface area contributed by atoms with E-state index in [0.717, 1.165) is 6.07 Å². The van der Waals surface area contributed by atoms with Crippen LogP contribution >= 0.6 is 23.2 Å². The van der Waals surface area contributed by atoms with E-state index in [9.17, 15) is 9.59 Å². The summed E-state index contributed by atoms with van der Waals surface area (Å²) in [6.07, 6.45) is 0. The average molecular weight is 272 g/mol. The van der Waals surface area contributed by atoms with Gasteiger partial charge < -0.3 is 9.67 Å². The zero-order valence-electron chi connectivity index (χ0n) is 8.70. The fourth-order valence-electron chi connectivity index (χ4n) is 1.70. The first kappa shape index (κ1) is 12.0. The number of carboxylic acid groups (broad SMARTS) is 1. The lowest BCUT2D eigenvalue weighted by Gasteiger charge is -2.10. The normalized spacial score (nSPS) is 10.8. The van der Waals surface area contributed by atoms with Gasteiger partial charge in [-0.05, 0) is 12.1 Å². The number of aromatic carboxylic acids is 1. The highest BCUT2D eigenvalue weighted by Crippen LogP contribution is 2.30. The van der Waals surface area contributed by atoms with E-state index in [1.807, 2.05) is 0 Å². The molecule has 0 radical (unpaired) electrons. The van der Waals surface area contributed by atoms with Gasteiger partial charge in [0.25, 0.3) is 5.56 Å². The van der Waals surface area contributed by atoms with Gasteiger partial charge in [-0.15, -0.1) is 0 Å². The molecule has 0 aliphatic heterocycles. The zero-order valence-corrected chi connectivity index (χ0v) is 10.2. The Morgan fingerprint density at radius 2 is 1.88 bits per heavy atom. The average Bonchev–Trinajstić information content (AvgIpc) is 2.26. The van der Waals surface area contributed by atoms with Crippen molar-refractivity contribution >= 4 is 40.1 Å². The van der Waals surface area contributed by atoms with E-state index in [0.29, 0.717) is 5.52 Å². The standard InChI is InChI=1S/C11H7Cl2NO3/c1-14-8(15)4-5(11(16)17)9-6(12)2-3-7(13)10(9)14/h2-4H,1H3,(H,16,17). The van der Waals surface area contributed by atoms with Gasteiger partial charge in [-0.25, -0.2) is 4.79 Å². The Bertz CT molecular complexity index is 691. The fraction of sp³-hybridized carbons (Fsp3) is 0.0909. The lowest BCUT2D eigenvalue weighted by molar-refractivity contribution is 0.0699. The summed E-state index contributed by atoms with van der Waals surface area (Å²) < 4.78 is 1.27. The summed E-state index contributed by atoms with van der Waals surface area (Å²) in [5.41, 5.74) is -0.265. The molecule has 88 valence electrons. The second-order valence-electron chi connectivity index (χ2n) is 3.51. The third kappa shape index (κ3) is 1.79. The van der Waals surface area contributed by atoms with Crippen LogP contribution in [-0.4, -0.2) is 15.6 Å². The van der Waals surface area contributed by atoms with E-state index >= 15 is 0 Å². The Hall–Kier alpha value is -1.52. The maximum absolute atomic E-state index is 11.6. The van der Waals surface area contributed by atoms with Crippen molar-refractivity contribution in [3.8, 4) is 0 Å². The number of fused-ring (bicyclic) bond motifs is 1. The summed E-state index contributed by atoms with van der Waals surface area (Å²) in [5.74, 6) is -1.21. The number of aromatic nitrogens is 1. The number of carboxylic acids is 1. The largest absolute Gasteiger partial charge is 0.478 e. The Balaban J connectivity index is 3.15. The van der Waals surface area contributed by atoms with Crippen molar-refractivity contribution < 1.29 is 9.90 Å². The van der Waals surface area contributed by atoms with Crippen LogP contribution in [0.4, 0.5) is 0 Å². The van der Waals surface area contributed by atoms with Gasteiger partial charge >= 0.3 is 5.97 Å². The Labute approximate surface area is 106 Å². The van der Waals surface area contributed by atoms with E-state index in [4.69, 9.17) is 28.3 Å². The van der Waals surface area contributed by atoms with Gasteiger partial charge in [0.1, 0.15) is 0 Å². The molecule has 0 aliphatic rings. The molecule has 0 saturated heterocycles. The summed E-state index contributed by atoms with van der Waals surface area (Å²) in [6.45, 7) is 0. The van der Waals surface area contributed by atoms with Crippen molar-refractivity contribution in [1.29, 1.82) is 0 Å². The minimum Gasteiger partial charge on any atom is -0.478 e. The number of aryl methyl sites for hydroxylation is 1. The molecule has 2 rings (SSSR count). The van der Waals surface area contributed by atoms with Crippen LogP contribution in [-0.2, 0) is 7.05 Å². The van der Waals surface area contributed by atoms with Gasteiger partial charge in [-0.1, -0.05) is 23.2 Å². The minimum absolute atomic E-state index is 0.143. The SMILES string of the molecule is Cn1c(=O)cc(C(=O)O)c2c(Cl)ccc(Cl)c21. The highest BCUT2D eigenvalue weighted by Gasteiger charge is 2.17. The predicted octanol–water partition coefficient (Wildman–Crippen LogP) is 2.54. The monoisotopic (exact) mass is 271 g/mol. The van der Waals surface area contributed by atoms with Crippen molar-refractivity contribution in [2.45, 2.75) is 0 Å². The molecule has 17 heavy (non-hydrogen) atoms. The maximum Gasteiger partial charge on any atom is 0.336 e. The van der Waals surface area contributed by atoms with Crippen LogP contribution in [0.25, 0.3) is 10.9 Å². The number of hydrogen-bond donors (Lipinski definition) is 1. The Morgan fingerprint density at radius 1 is 1.29 bits per heavy atom. The Morgan fingerprint density at radius 3 is 2.47 bits per heavy atom. The van der Waals surface area contributed by atoms with Crippen molar-refractivity contribution in [2.75, 3.05) is 0 Å².